The maximum atomic E-state index is 13.1. The first kappa shape index (κ1) is 39.6. The first-order valence-electron chi connectivity index (χ1n) is 17.1. The number of nitrogens with one attached hydrogen (secondary N) is 4. The zero-order valence-electron chi connectivity index (χ0n) is 29.3. The second-order valence-corrected chi connectivity index (χ2v) is 13.3. The summed E-state index contributed by atoms with van der Waals surface area (Å²) in [7, 11) is 0. The quantitative estimate of drug-likeness (QED) is 0.0889. The molecule has 4 unspecified atom stereocenters. The van der Waals surface area contributed by atoms with Crippen molar-refractivity contribution in [2.45, 2.75) is 56.3 Å². The second-order valence-electron chi connectivity index (χ2n) is 13.3. The van der Waals surface area contributed by atoms with Gasteiger partial charge in [-0.1, -0.05) is 60.7 Å². The molecule has 7 N–H and O–H groups in total. The predicted octanol–water partition coefficient (Wildman–Crippen LogP) is 7.84. The molecule has 2 aliphatic heterocycles. The highest BCUT2D eigenvalue weighted by molar-refractivity contribution is 5.88. The second kappa shape index (κ2) is 15.5. The third-order valence-electron chi connectivity index (χ3n) is 9.51. The summed E-state index contributed by atoms with van der Waals surface area (Å²) in [5, 5.41) is 34.1. The lowest BCUT2D eigenvalue weighted by atomic mass is 9.90. The smallest absolute Gasteiger partial charge is 0.416 e. The highest BCUT2D eigenvalue weighted by Gasteiger charge is 2.38. The Bertz CT molecular complexity index is 2250. The Balaban J connectivity index is 0.000000174. The first-order chi connectivity index (χ1) is 26.4. The number of hydrogen-bond donors (Lipinski definition) is 7. The van der Waals surface area contributed by atoms with E-state index in [4.69, 9.17) is 9.90 Å². The summed E-state index contributed by atoms with van der Waals surface area (Å²) in [5.74, 6) is -2.89. The largest absolute Gasteiger partial charge is 0.481 e. The molecule has 56 heavy (non-hydrogen) atoms. The van der Waals surface area contributed by atoms with Gasteiger partial charge in [-0.05, 0) is 58.7 Å². The third-order valence-corrected chi connectivity index (χ3v) is 9.51. The van der Waals surface area contributed by atoms with Crippen molar-refractivity contribution in [3.8, 4) is 0 Å². The standard InChI is InChI=1S/2C19H15F3N2O2.C2H4O2/c2*20-19(21,22)11-5-3-4-10(8-11)16-17-13(9-15(24-16)18(25)26)12-6-1-2-7-14(12)23-17;1-2(3)4/h2*1-8,15-16,23-24H,9H2,(H,25,26);1H3,(H,3,4). The van der Waals surface area contributed by atoms with Crippen molar-refractivity contribution in [1.82, 2.24) is 20.6 Å². The normalized spacial score (nSPS) is 19.1. The van der Waals surface area contributed by atoms with Crippen molar-refractivity contribution in [2.75, 3.05) is 0 Å². The number of para-hydroxylation sites is 2. The molecule has 16 heteroatoms. The van der Waals surface area contributed by atoms with Crippen LogP contribution in [0, 0.1) is 0 Å². The number of halogens is 6. The van der Waals surface area contributed by atoms with E-state index >= 15 is 0 Å². The molecule has 0 saturated heterocycles. The monoisotopic (exact) mass is 780 g/mol. The molecular weight excluding hydrogens is 746 g/mol. The Morgan fingerprint density at radius 1 is 0.571 bits per heavy atom. The average Bonchev–Trinajstić information content (AvgIpc) is 3.72. The number of carbonyl (C=O) groups is 3. The van der Waals surface area contributed by atoms with Gasteiger partial charge >= 0.3 is 24.3 Å². The van der Waals surface area contributed by atoms with E-state index in [0.29, 0.717) is 22.5 Å². The van der Waals surface area contributed by atoms with Gasteiger partial charge in [0.05, 0.1) is 23.2 Å². The van der Waals surface area contributed by atoms with E-state index in [0.717, 1.165) is 64.1 Å². The van der Waals surface area contributed by atoms with Gasteiger partial charge in [-0.25, -0.2) is 0 Å². The van der Waals surface area contributed by atoms with Crippen LogP contribution in [0.25, 0.3) is 21.8 Å². The average molecular weight is 781 g/mol. The van der Waals surface area contributed by atoms with E-state index in [2.05, 4.69) is 20.6 Å². The fraction of sp³-hybridized carbons (Fsp3) is 0.225. The van der Waals surface area contributed by atoms with Gasteiger partial charge in [0.15, 0.2) is 0 Å². The van der Waals surface area contributed by atoms with Crippen molar-refractivity contribution < 1.29 is 56.0 Å². The number of hydrogen-bond acceptors (Lipinski definition) is 5. The predicted molar refractivity (Wildman–Crippen MR) is 193 cm³/mol. The van der Waals surface area contributed by atoms with Crippen LogP contribution in [0.5, 0.6) is 0 Å². The molecule has 2 aromatic heterocycles. The fourth-order valence-corrected chi connectivity index (χ4v) is 7.10. The van der Waals surface area contributed by atoms with Gasteiger partial charge in [-0.3, -0.25) is 25.0 Å². The van der Waals surface area contributed by atoms with Crippen LogP contribution in [0.4, 0.5) is 26.3 Å². The Morgan fingerprint density at radius 3 is 1.27 bits per heavy atom. The summed E-state index contributed by atoms with van der Waals surface area (Å²) in [6, 6.07) is 21.8. The molecule has 0 bridgehead atoms. The Morgan fingerprint density at radius 2 is 0.929 bits per heavy atom. The van der Waals surface area contributed by atoms with Crippen molar-refractivity contribution in [3.05, 3.63) is 142 Å². The van der Waals surface area contributed by atoms with Crippen LogP contribution >= 0.6 is 0 Å². The SMILES string of the molecule is CC(=O)O.O=C(O)C1Cc2c([nH]c3ccccc23)C(c2cccc(C(F)(F)F)c2)N1.O=C(O)C1Cc2c([nH]c3ccccc23)C(c2cccc(C(F)(F)F)c2)N1. The van der Waals surface area contributed by atoms with Gasteiger partial charge in [0.2, 0.25) is 0 Å². The minimum Gasteiger partial charge on any atom is -0.481 e. The molecule has 4 atom stereocenters. The zero-order chi connectivity index (χ0) is 40.5. The van der Waals surface area contributed by atoms with E-state index in [1.54, 1.807) is 12.1 Å². The first-order valence-corrected chi connectivity index (χ1v) is 17.1. The zero-order valence-corrected chi connectivity index (χ0v) is 29.3. The number of aromatic amines is 2. The molecule has 0 saturated carbocycles. The van der Waals surface area contributed by atoms with Gasteiger partial charge in [0, 0.05) is 53.0 Å². The number of aromatic nitrogens is 2. The topological polar surface area (TPSA) is 168 Å². The van der Waals surface area contributed by atoms with Crippen molar-refractivity contribution in [2.24, 2.45) is 0 Å². The molecule has 0 radical (unpaired) electrons. The maximum Gasteiger partial charge on any atom is 0.416 e. The van der Waals surface area contributed by atoms with Gasteiger partial charge in [-0.15, -0.1) is 0 Å². The molecule has 0 fully saturated rings. The Labute approximate surface area is 314 Å². The number of carboxylic acids is 3. The highest BCUT2D eigenvalue weighted by atomic mass is 19.4. The summed E-state index contributed by atoms with van der Waals surface area (Å²) in [5.41, 5.74) is 3.98. The number of fused-ring (bicyclic) bond motifs is 6. The van der Waals surface area contributed by atoms with E-state index < -0.39 is 65.6 Å². The van der Waals surface area contributed by atoms with E-state index in [-0.39, 0.29) is 12.8 Å². The number of carboxylic acid groups (broad SMARTS) is 3. The van der Waals surface area contributed by atoms with Crippen molar-refractivity contribution in [1.29, 1.82) is 0 Å². The minimum absolute atomic E-state index is 0.268. The summed E-state index contributed by atoms with van der Waals surface area (Å²) in [6.45, 7) is 1.08. The van der Waals surface area contributed by atoms with Crippen LogP contribution in [0.15, 0.2) is 97.1 Å². The number of rotatable bonds is 4. The Kier molecular flexibility index (Phi) is 11.0. The molecule has 0 spiro atoms. The minimum atomic E-state index is -4.46. The molecule has 4 heterocycles. The lowest BCUT2D eigenvalue weighted by molar-refractivity contribution is -0.140. The summed E-state index contributed by atoms with van der Waals surface area (Å²) in [4.78, 5) is 38.6. The lowest BCUT2D eigenvalue weighted by Crippen LogP contribution is -2.45. The Hall–Kier alpha value is -6.13. The van der Waals surface area contributed by atoms with Crippen LogP contribution in [-0.4, -0.2) is 55.3 Å². The van der Waals surface area contributed by atoms with Gasteiger partial charge in [0.25, 0.3) is 5.97 Å². The molecule has 292 valence electrons. The number of aliphatic carboxylic acids is 3. The van der Waals surface area contributed by atoms with Gasteiger partial charge in [0.1, 0.15) is 12.1 Å². The van der Waals surface area contributed by atoms with Crippen LogP contribution < -0.4 is 10.6 Å². The van der Waals surface area contributed by atoms with Crippen LogP contribution in [0.3, 0.4) is 0 Å². The molecule has 8 rings (SSSR count). The number of H-pyrrole nitrogens is 2. The van der Waals surface area contributed by atoms with Crippen molar-refractivity contribution in [3.63, 3.8) is 0 Å². The maximum absolute atomic E-state index is 13.1. The molecule has 4 aromatic carbocycles. The van der Waals surface area contributed by atoms with Crippen LogP contribution in [0.2, 0.25) is 0 Å². The summed E-state index contributed by atoms with van der Waals surface area (Å²) < 4.78 is 78.5. The molecule has 6 aromatic rings. The van der Waals surface area contributed by atoms with Crippen molar-refractivity contribution >= 4 is 39.7 Å². The number of alkyl halides is 6. The van der Waals surface area contributed by atoms with Crippen LogP contribution in [0.1, 0.15) is 63.8 Å². The van der Waals surface area contributed by atoms with Crippen LogP contribution in [-0.2, 0) is 39.6 Å². The molecule has 0 aliphatic carbocycles. The molecule has 0 amide bonds. The number of benzene rings is 4. The molecule has 10 nitrogen and oxygen atoms in total. The van der Waals surface area contributed by atoms with Gasteiger partial charge in [-0.2, -0.15) is 26.3 Å². The summed E-state index contributed by atoms with van der Waals surface area (Å²) >= 11 is 0. The molecular formula is C40H34F6N4O6. The fourth-order valence-electron chi connectivity index (χ4n) is 7.10. The van der Waals surface area contributed by atoms with E-state index in [9.17, 15) is 46.1 Å². The van der Waals surface area contributed by atoms with Gasteiger partial charge < -0.3 is 25.3 Å². The third kappa shape index (κ3) is 8.40. The van der Waals surface area contributed by atoms with E-state index in [1.807, 2.05) is 48.5 Å². The molecule has 2 aliphatic rings. The summed E-state index contributed by atoms with van der Waals surface area (Å²) in [6.07, 6.45) is -8.38. The van der Waals surface area contributed by atoms with E-state index in [1.165, 1.54) is 12.1 Å². The lowest BCUT2D eigenvalue weighted by Gasteiger charge is -2.30. The highest BCUT2D eigenvalue weighted by Crippen LogP contribution is 2.39.